The number of carbonyl (C=O) groups is 1. The fourth-order valence-corrected chi connectivity index (χ4v) is 5.02. The molecule has 0 saturated carbocycles. The van der Waals surface area contributed by atoms with E-state index >= 15 is 0 Å². The number of nitrogens with one attached hydrogen (secondary N) is 1. The summed E-state index contributed by atoms with van der Waals surface area (Å²) in [6.07, 6.45) is 4.50. The Balaban J connectivity index is 0.000000233. The van der Waals surface area contributed by atoms with Crippen LogP contribution in [0.4, 0.5) is 4.39 Å². The Hall–Kier alpha value is -1.22. The maximum absolute atomic E-state index is 13.1. The molecule has 0 spiro atoms. The molecule has 0 amide bonds. The van der Waals surface area contributed by atoms with Crippen molar-refractivity contribution in [3.8, 4) is 0 Å². The molecule has 1 atom stereocenters. The van der Waals surface area contributed by atoms with Crippen LogP contribution in [0, 0.1) is 11.2 Å². The summed E-state index contributed by atoms with van der Waals surface area (Å²) in [5, 5.41) is 11.5. The molecular weight excluding hydrogens is 498 g/mol. The van der Waals surface area contributed by atoms with E-state index in [9.17, 15) is 14.4 Å². The van der Waals surface area contributed by atoms with Crippen LogP contribution < -0.4 is 0 Å². The monoisotopic (exact) mass is 529 g/mol. The predicted molar refractivity (Wildman–Crippen MR) is 120 cm³/mol. The number of hydroxylamine groups is 2. The molecule has 1 unspecified atom stereocenters. The van der Waals surface area contributed by atoms with E-state index in [1.807, 2.05) is 6.07 Å². The van der Waals surface area contributed by atoms with Crippen LogP contribution in [-0.4, -0.2) is 61.0 Å². The van der Waals surface area contributed by atoms with E-state index in [4.69, 9.17) is 10.5 Å². The molecule has 2 aromatic rings. The third-order valence-electron chi connectivity index (χ3n) is 7.20. The van der Waals surface area contributed by atoms with Gasteiger partial charge in [0.15, 0.2) is 0 Å². The molecule has 6 nitrogen and oxygen atoms in total. The first kappa shape index (κ1) is 26.4. The Bertz CT molecular complexity index is 935. The normalized spacial score (nSPS) is 25.8. The molecule has 0 aliphatic carbocycles. The van der Waals surface area contributed by atoms with E-state index in [0.717, 1.165) is 16.7 Å². The van der Waals surface area contributed by atoms with Crippen molar-refractivity contribution in [2.45, 2.75) is 31.7 Å². The molecule has 4 aliphatic heterocycles. The van der Waals surface area contributed by atoms with Crippen molar-refractivity contribution in [1.29, 1.82) is 0 Å². The summed E-state index contributed by atoms with van der Waals surface area (Å²) in [6, 6.07) is 11.0. The van der Waals surface area contributed by atoms with Crippen molar-refractivity contribution in [2.75, 3.05) is 39.8 Å². The first-order valence-electron chi connectivity index (χ1n) is 11.2. The number of benzene rings is 2. The van der Waals surface area contributed by atoms with Gasteiger partial charge in [-0.15, -0.1) is 6.54 Å². The van der Waals surface area contributed by atoms with Crippen LogP contribution in [-0.2, 0) is 43.9 Å². The molecule has 4 aliphatic rings. The number of carbonyl (C=O) groups excluding carboxylic acids is 1. The number of rotatable bonds is 3. The summed E-state index contributed by atoms with van der Waals surface area (Å²) in [4.78, 5) is 14.2. The van der Waals surface area contributed by atoms with Gasteiger partial charge in [-0.25, -0.2) is 9.18 Å². The Morgan fingerprint density at radius 1 is 1.12 bits per heavy atom. The van der Waals surface area contributed by atoms with Gasteiger partial charge in [0.05, 0.1) is 18.7 Å². The Kier molecular flexibility index (Phi) is 9.18. The van der Waals surface area contributed by atoms with Crippen molar-refractivity contribution in [2.24, 2.45) is 5.41 Å². The standard InChI is InChI=1S/C17H16FNO3.C8H15N2.Y/c1-22-17(20)13-4-7-15-12(10-13)8-9-19(21)16(15)11-2-5-14(18)6-3-11;9-7-8-1-4-10(5-2-8)6-3-8;/h2-7,10,16,21H,8-9H2,1H3;9H,1-7H2;/q;-1;. The van der Waals surface area contributed by atoms with Gasteiger partial charge in [0.2, 0.25) is 0 Å². The summed E-state index contributed by atoms with van der Waals surface area (Å²) in [7, 11) is 1.35. The van der Waals surface area contributed by atoms with Crippen LogP contribution in [0.15, 0.2) is 42.5 Å². The molecule has 2 aromatic carbocycles. The average molecular weight is 529 g/mol. The number of ether oxygens (including phenoxy) is 1. The first-order chi connectivity index (χ1) is 15.4. The molecule has 8 heteroatoms. The Labute approximate surface area is 220 Å². The summed E-state index contributed by atoms with van der Waals surface area (Å²) < 4.78 is 17.8. The predicted octanol–water partition coefficient (Wildman–Crippen LogP) is 4.47. The summed E-state index contributed by atoms with van der Waals surface area (Å²) in [6.45, 7) is 4.90. The number of fused-ring (bicyclic) bond motifs is 4. The van der Waals surface area contributed by atoms with Gasteiger partial charge < -0.3 is 20.6 Å². The van der Waals surface area contributed by atoms with E-state index in [1.165, 1.54) is 63.2 Å². The van der Waals surface area contributed by atoms with E-state index in [-0.39, 0.29) is 50.5 Å². The summed E-state index contributed by atoms with van der Waals surface area (Å²) in [5.41, 5.74) is 11.1. The molecule has 4 heterocycles. The molecule has 2 bridgehead atoms. The van der Waals surface area contributed by atoms with Gasteiger partial charge in [0.1, 0.15) is 5.82 Å². The number of methoxy groups -OCH3 is 1. The minimum Gasteiger partial charge on any atom is -0.677 e. The molecule has 1 radical (unpaired) electrons. The van der Waals surface area contributed by atoms with Gasteiger partial charge in [0, 0.05) is 39.3 Å². The van der Waals surface area contributed by atoms with Gasteiger partial charge in [-0.3, -0.25) is 0 Å². The Morgan fingerprint density at radius 2 is 1.76 bits per heavy atom. The quantitative estimate of drug-likeness (QED) is 0.594. The van der Waals surface area contributed by atoms with E-state index in [1.54, 1.807) is 24.3 Å². The fraction of sp³-hybridized carbons (Fsp3) is 0.480. The number of hydrogen-bond acceptors (Lipinski definition) is 5. The van der Waals surface area contributed by atoms with Crippen LogP contribution in [0.1, 0.15) is 52.4 Å². The minimum atomic E-state index is -0.382. The molecule has 175 valence electrons. The number of nitrogens with zero attached hydrogens (tertiary/aromatic N) is 2. The topological polar surface area (TPSA) is 76.8 Å². The third-order valence-corrected chi connectivity index (χ3v) is 7.20. The minimum absolute atomic E-state index is 0. The number of halogens is 1. The molecule has 3 saturated heterocycles. The molecule has 33 heavy (non-hydrogen) atoms. The van der Waals surface area contributed by atoms with Crippen LogP contribution in [0.2, 0.25) is 0 Å². The van der Waals surface area contributed by atoms with Crippen LogP contribution in [0.3, 0.4) is 0 Å². The maximum atomic E-state index is 13.1. The van der Waals surface area contributed by atoms with Gasteiger partial charge in [-0.2, -0.15) is 5.06 Å². The zero-order chi connectivity index (χ0) is 22.7. The van der Waals surface area contributed by atoms with E-state index in [2.05, 4.69) is 4.90 Å². The zero-order valence-electron chi connectivity index (χ0n) is 19.1. The summed E-state index contributed by atoms with van der Waals surface area (Å²) >= 11 is 0. The third kappa shape index (κ3) is 5.89. The van der Waals surface area contributed by atoms with Gasteiger partial charge >= 0.3 is 5.97 Å². The maximum Gasteiger partial charge on any atom is 0.337 e. The van der Waals surface area contributed by atoms with Crippen molar-refractivity contribution in [1.82, 2.24) is 9.96 Å². The Morgan fingerprint density at radius 3 is 2.30 bits per heavy atom. The molecule has 3 fully saturated rings. The first-order valence-corrected chi connectivity index (χ1v) is 11.2. The second kappa shape index (κ2) is 11.5. The number of hydrogen-bond donors (Lipinski definition) is 1. The summed E-state index contributed by atoms with van der Waals surface area (Å²) in [5.74, 6) is -0.696. The van der Waals surface area contributed by atoms with E-state index < -0.39 is 0 Å². The average Bonchev–Trinajstić information content (AvgIpc) is 2.85. The van der Waals surface area contributed by atoms with Crippen LogP contribution >= 0.6 is 0 Å². The largest absolute Gasteiger partial charge is 0.677 e. The van der Waals surface area contributed by atoms with Gasteiger partial charge in [-0.05, 0) is 91.7 Å². The van der Waals surface area contributed by atoms with E-state index in [0.29, 0.717) is 30.5 Å². The van der Waals surface area contributed by atoms with Gasteiger partial charge in [0.25, 0.3) is 0 Å². The number of piperidine rings is 3. The second-order valence-electron chi connectivity index (χ2n) is 9.04. The van der Waals surface area contributed by atoms with Crippen molar-refractivity contribution < 1.29 is 51.8 Å². The number of esters is 1. The van der Waals surface area contributed by atoms with Crippen molar-refractivity contribution in [3.05, 3.63) is 76.3 Å². The van der Waals surface area contributed by atoms with Gasteiger partial charge in [-0.1, -0.05) is 18.2 Å². The molecule has 0 aromatic heterocycles. The van der Waals surface area contributed by atoms with Crippen molar-refractivity contribution >= 4 is 5.97 Å². The molecule has 6 rings (SSSR count). The molecular formula is C25H31FN3O3Y-. The SMILES string of the molecule is COC(=O)c1ccc2c(c1)CCN(O)C2c1ccc(F)cc1.[NH-]CC12CCN(CC1)CC2.[Y]. The second-order valence-corrected chi connectivity index (χ2v) is 9.04. The van der Waals surface area contributed by atoms with Crippen LogP contribution in [0.5, 0.6) is 0 Å². The smallest absolute Gasteiger partial charge is 0.337 e. The fourth-order valence-electron chi connectivity index (χ4n) is 5.02. The zero-order valence-corrected chi connectivity index (χ0v) is 21.9. The molecule has 2 N–H and O–H groups in total. The van der Waals surface area contributed by atoms with Crippen LogP contribution in [0.25, 0.3) is 5.73 Å². The van der Waals surface area contributed by atoms with Crippen molar-refractivity contribution in [3.63, 3.8) is 0 Å².